The normalized spacial score (nSPS) is 14.6. The van der Waals surface area contributed by atoms with Gasteiger partial charge in [-0.1, -0.05) is 12.5 Å². The van der Waals surface area contributed by atoms with E-state index in [1.807, 2.05) is 50.2 Å². The molecule has 0 radical (unpaired) electrons. The molecule has 0 bridgehead atoms. The van der Waals surface area contributed by atoms with E-state index in [4.69, 9.17) is 0 Å². The first-order valence-corrected chi connectivity index (χ1v) is 8.48. The van der Waals surface area contributed by atoms with Gasteiger partial charge in [-0.3, -0.25) is 4.79 Å². The number of rotatable bonds is 3. The van der Waals surface area contributed by atoms with Crippen molar-refractivity contribution in [1.29, 1.82) is 0 Å². The molecule has 0 spiro atoms. The van der Waals surface area contributed by atoms with E-state index < -0.39 is 0 Å². The molecule has 1 amide bonds. The van der Waals surface area contributed by atoms with Gasteiger partial charge in [0.2, 0.25) is 0 Å². The van der Waals surface area contributed by atoms with Crippen LogP contribution >= 0.6 is 0 Å². The summed E-state index contributed by atoms with van der Waals surface area (Å²) in [6.07, 6.45) is 3.73. The van der Waals surface area contributed by atoms with Crippen LogP contribution in [0.4, 0.5) is 5.69 Å². The second-order valence-corrected chi connectivity index (χ2v) is 6.73. The summed E-state index contributed by atoms with van der Waals surface area (Å²) in [6, 6.07) is 11.6. The molecule has 1 aliphatic rings. The Morgan fingerprint density at radius 3 is 2.67 bits per heavy atom. The Kier molecular flexibility index (Phi) is 3.60. The topological polar surface area (TPSA) is 57.8 Å². The zero-order valence-electron chi connectivity index (χ0n) is 14.0. The maximum absolute atomic E-state index is 12.4. The van der Waals surface area contributed by atoms with E-state index >= 15 is 0 Å². The maximum Gasteiger partial charge on any atom is 0.255 e. The molecule has 1 aliphatic carbocycles. The third kappa shape index (κ3) is 2.68. The molecule has 4 rings (SSSR count). The van der Waals surface area contributed by atoms with Gasteiger partial charge in [0, 0.05) is 17.2 Å². The van der Waals surface area contributed by atoms with Gasteiger partial charge in [0.25, 0.3) is 5.91 Å². The Hall–Kier alpha value is -2.62. The summed E-state index contributed by atoms with van der Waals surface area (Å²) < 4.78 is 0. The predicted octanol–water partition coefficient (Wildman–Crippen LogP) is 4.70. The average molecular weight is 319 g/mol. The number of aryl methyl sites for hydroxylation is 2. The van der Waals surface area contributed by atoms with Crippen LogP contribution < -0.4 is 5.32 Å². The molecular formula is C20H21N3O. The number of benzene rings is 2. The molecule has 0 aliphatic heterocycles. The molecule has 2 aromatic carbocycles. The number of aromatic amines is 1. The number of hydrogen-bond acceptors (Lipinski definition) is 2. The number of imidazole rings is 1. The summed E-state index contributed by atoms with van der Waals surface area (Å²) in [5.41, 5.74) is 5.72. The van der Waals surface area contributed by atoms with Crippen molar-refractivity contribution in [3.8, 4) is 0 Å². The molecule has 122 valence electrons. The molecule has 4 heteroatoms. The Morgan fingerprint density at radius 1 is 1.12 bits per heavy atom. The lowest BCUT2D eigenvalue weighted by molar-refractivity contribution is 0.102. The molecule has 1 fully saturated rings. The predicted molar refractivity (Wildman–Crippen MR) is 96.6 cm³/mol. The molecule has 3 aromatic rings. The fraction of sp³-hybridized carbons (Fsp3) is 0.300. The zero-order valence-corrected chi connectivity index (χ0v) is 14.0. The molecular weight excluding hydrogens is 298 g/mol. The lowest BCUT2D eigenvalue weighted by Crippen LogP contribution is -2.12. The number of carbonyl (C=O) groups is 1. The lowest BCUT2D eigenvalue weighted by atomic mass is 9.85. The third-order valence-corrected chi connectivity index (χ3v) is 5.02. The second-order valence-electron chi connectivity index (χ2n) is 6.73. The summed E-state index contributed by atoms with van der Waals surface area (Å²) in [7, 11) is 0. The average Bonchev–Trinajstić information content (AvgIpc) is 2.90. The van der Waals surface area contributed by atoms with Crippen molar-refractivity contribution >= 4 is 22.6 Å². The molecule has 4 nitrogen and oxygen atoms in total. The summed E-state index contributed by atoms with van der Waals surface area (Å²) in [5, 5.41) is 2.98. The van der Waals surface area contributed by atoms with Gasteiger partial charge < -0.3 is 10.3 Å². The van der Waals surface area contributed by atoms with Crippen LogP contribution in [0.1, 0.15) is 52.5 Å². The molecule has 1 heterocycles. The van der Waals surface area contributed by atoms with Gasteiger partial charge in [0.05, 0.1) is 11.0 Å². The van der Waals surface area contributed by atoms with Gasteiger partial charge >= 0.3 is 0 Å². The fourth-order valence-electron chi connectivity index (χ4n) is 3.07. The van der Waals surface area contributed by atoms with Gasteiger partial charge in [-0.15, -0.1) is 0 Å². The van der Waals surface area contributed by atoms with Crippen LogP contribution in [0, 0.1) is 13.8 Å². The minimum Gasteiger partial charge on any atom is -0.342 e. The van der Waals surface area contributed by atoms with E-state index in [-0.39, 0.29) is 5.91 Å². The highest BCUT2D eigenvalue weighted by atomic mass is 16.1. The SMILES string of the molecule is Cc1ccc(C(=O)Nc2ccc3nc(C4CCC4)[nH]c3c2)cc1C. The lowest BCUT2D eigenvalue weighted by Gasteiger charge is -2.22. The molecule has 24 heavy (non-hydrogen) atoms. The van der Waals surface area contributed by atoms with Gasteiger partial charge in [-0.05, 0) is 68.1 Å². The van der Waals surface area contributed by atoms with Gasteiger partial charge in [-0.2, -0.15) is 0 Å². The maximum atomic E-state index is 12.4. The number of hydrogen-bond donors (Lipinski definition) is 2. The number of anilines is 1. The Bertz CT molecular complexity index is 922. The van der Waals surface area contributed by atoms with E-state index in [0.29, 0.717) is 11.5 Å². The zero-order chi connectivity index (χ0) is 16.7. The Labute approximate surface area is 141 Å². The standard InChI is InChI=1S/C20H21N3O/c1-12-6-7-15(10-13(12)2)20(24)21-16-8-9-17-18(11-16)23-19(22-17)14-4-3-5-14/h6-11,14H,3-5H2,1-2H3,(H,21,24)(H,22,23). The number of fused-ring (bicyclic) bond motifs is 1. The fourth-order valence-corrected chi connectivity index (χ4v) is 3.07. The summed E-state index contributed by atoms with van der Waals surface area (Å²) in [5.74, 6) is 1.57. The quantitative estimate of drug-likeness (QED) is 0.735. The number of H-pyrrole nitrogens is 1. The van der Waals surface area contributed by atoms with Crippen molar-refractivity contribution in [3.05, 3.63) is 58.9 Å². The minimum atomic E-state index is -0.0869. The van der Waals surface area contributed by atoms with Gasteiger partial charge in [0.15, 0.2) is 0 Å². The van der Waals surface area contributed by atoms with E-state index in [9.17, 15) is 4.79 Å². The first-order valence-electron chi connectivity index (χ1n) is 8.48. The summed E-state index contributed by atoms with van der Waals surface area (Å²) in [4.78, 5) is 20.5. The van der Waals surface area contributed by atoms with Gasteiger partial charge in [0.1, 0.15) is 5.82 Å². The molecule has 0 atom stereocenters. The smallest absolute Gasteiger partial charge is 0.255 e. The van der Waals surface area contributed by atoms with E-state index in [0.717, 1.165) is 28.1 Å². The highest BCUT2D eigenvalue weighted by Gasteiger charge is 2.22. The molecule has 0 unspecified atom stereocenters. The van der Waals surface area contributed by atoms with Crippen molar-refractivity contribution < 1.29 is 4.79 Å². The van der Waals surface area contributed by atoms with Crippen LogP contribution in [0.5, 0.6) is 0 Å². The van der Waals surface area contributed by atoms with Crippen molar-refractivity contribution in [2.24, 2.45) is 0 Å². The van der Waals surface area contributed by atoms with Crippen molar-refractivity contribution in [1.82, 2.24) is 9.97 Å². The molecule has 1 saturated carbocycles. The van der Waals surface area contributed by atoms with E-state index in [2.05, 4.69) is 15.3 Å². The third-order valence-electron chi connectivity index (χ3n) is 5.02. The number of carbonyl (C=O) groups excluding carboxylic acids is 1. The summed E-state index contributed by atoms with van der Waals surface area (Å²) in [6.45, 7) is 4.06. The first-order chi connectivity index (χ1) is 11.6. The van der Waals surface area contributed by atoms with Crippen molar-refractivity contribution in [2.45, 2.75) is 39.0 Å². The van der Waals surface area contributed by atoms with E-state index in [1.54, 1.807) is 0 Å². The highest BCUT2D eigenvalue weighted by molar-refractivity contribution is 6.05. The second kappa shape index (κ2) is 5.78. The number of amides is 1. The van der Waals surface area contributed by atoms with Crippen molar-refractivity contribution in [3.63, 3.8) is 0 Å². The number of nitrogens with zero attached hydrogens (tertiary/aromatic N) is 1. The Balaban J connectivity index is 1.57. The molecule has 1 aromatic heterocycles. The van der Waals surface area contributed by atoms with Crippen LogP contribution in [0.15, 0.2) is 36.4 Å². The van der Waals surface area contributed by atoms with Crippen LogP contribution in [0.25, 0.3) is 11.0 Å². The largest absolute Gasteiger partial charge is 0.342 e. The van der Waals surface area contributed by atoms with Crippen molar-refractivity contribution in [2.75, 3.05) is 5.32 Å². The Morgan fingerprint density at radius 2 is 1.96 bits per heavy atom. The van der Waals surface area contributed by atoms with E-state index in [1.165, 1.54) is 24.8 Å². The van der Waals surface area contributed by atoms with Crippen LogP contribution in [-0.2, 0) is 0 Å². The summed E-state index contributed by atoms with van der Waals surface area (Å²) >= 11 is 0. The molecule has 2 N–H and O–H groups in total. The van der Waals surface area contributed by atoms with Gasteiger partial charge in [-0.25, -0.2) is 4.98 Å². The van der Waals surface area contributed by atoms with Crippen LogP contribution in [0.2, 0.25) is 0 Å². The number of nitrogens with one attached hydrogen (secondary N) is 2. The minimum absolute atomic E-state index is 0.0869. The monoisotopic (exact) mass is 319 g/mol. The molecule has 0 saturated heterocycles. The van der Waals surface area contributed by atoms with Crippen LogP contribution in [0.3, 0.4) is 0 Å². The number of aromatic nitrogens is 2. The highest BCUT2D eigenvalue weighted by Crippen LogP contribution is 2.35. The van der Waals surface area contributed by atoms with Crippen LogP contribution in [-0.4, -0.2) is 15.9 Å². The first kappa shape index (κ1) is 14.9.